The van der Waals surface area contributed by atoms with Gasteiger partial charge in [0.05, 0.1) is 13.7 Å². The number of hydrogen-bond acceptors (Lipinski definition) is 3. The van der Waals surface area contributed by atoms with Crippen molar-refractivity contribution in [2.75, 3.05) is 11.9 Å². The quantitative estimate of drug-likeness (QED) is 0.250. The molecule has 0 aliphatic rings. The Morgan fingerprint density at radius 3 is 2.27 bits per heavy atom. The van der Waals surface area contributed by atoms with E-state index < -0.39 is 5.91 Å². The minimum Gasteiger partial charge on any atom is -0.492 e. The summed E-state index contributed by atoms with van der Waals surface area (Å²) >= 11 is 16.2. The first-order valence-electron chi connectivity index (χ1n) is 7.35. The van der Waals surface area contributed by atoms with Gasteiger partial charge in [0.1, 0.15) is 17.4 Å². The number of amides is 1. The zero-order chi connectivity index (χ0) is 19.3. The predicted octanol–water partition coefficient (Wildman–Crippen LogP) is 6.15. The molecule has 2 aromatic rings. The maximum absolute atomic E-state index is 12.4. The lowest BCUT2D eigenvalue weighted by molar-refractivity contribution is -0.112. The molecular weight excluding hydrogens is 601 g/mol. The van der Waals surface area contributed by atoms with Crippen molar-refractivity contribution in [2.45, 2.75) is 6.92 Å². The van der Waals surface area contributed by atoms with Crippen molar-refractivity contribution >= 4 is 86.1 Å². The fourth-order valence-corrected chi connectivity index (χ4v) is 4.74. The van der Waals surface area contributed by atoms with Crippen LogP contribution in [-0.4, -0.2) is 12.5 Å². The second kappa shape index (κ2) is 9.78. The Kier molecular flexibility index (Phi) is 8.01. The van der Waals surface area contributed by atoms with E-state index in [0.717, 1.165) is 18.5 Å². The molecule has 0 atom stereocenters. The molecule has 26 heavy (non-hydrogen) atoms. The molecule has 0 heterocycles. The van der Waals surface area contributed by atoms with Gasteiger partial charge in [-0.25, -0.2) is 0 Å². The first-order valence-corrected chi connectivity index (χ1v) is 10.3. The summed E-state index contributed by atoms with van der Waals surface area (Å²) in [4.78, 5) is 12.4. The third-order valence-corrected chi connectivity index (χ3v) is 5.14. The van der Waals surface area contributed by atoms with Crippen LogP contribution in [0.25, 0.3) is 6.08 Å². The summed E-state index contributed by atoms with van der Waals surface area (Å²) in [5, 5.41) is 12.8. The average molecular weight is 613 g/mol. The monoisotopic (exact) mass is 612 g/mol. The number of benzene rings is 2. The van der Waals surface area contributed by atoms with E-state index in [1.54, 1.807) is 18.2 Å². The van der Waals surface area contributed by atoms with Gasteiger partial charge in [0.25, 0.3) is 5.91 Å². The molecule has 0 aliphatic carbocycles. The molecule has 134 valence electrons. The molecule has 0 radical (unpaired) electrons. The minimum atomic E-state index is -0.537. The summed E-state index contributed by atoms with van der Waals surface area (Å²) in [5.74, 6) is 0.257. The lowest BCUT2D eigenvalue weighted by atomic mass is 10.1. The van der Waals surface area contributed by atoms with E-state index in [4.69, 9.17) is 27.9 Å². The van der Waals surface area contributed by atoms with Crippen LogP contribution in [0.4, 0.5) is 5.69 Å². The third-order valence-electron chi connectivity index (χ3n) is 3.11. The van der Waals surface area contributed by atoms with Crippen LogP contribution in [0.15, 0.2) is 35.9 Å². The van der Waals surface area contributed by atoms with Crippen LogP contribution < -0.4 is 10.1 Å². The van der Waals surface area contributed by atoms with Crippen LogP contribution in [0, 0.1) is 18.5 Å². The number of carbonyl (C=O) groups is 1. The van der Waals surface area contributed by atoms with Gasteiger partial charge in [-0.3, -0.25) is 4.79 Å². The molecule has 0 spiro atoms. The third kappa shape index (κ3) is 5.74. The molecule has 0 fully saturated rings. The highest BCUT2D eigenvalue weighted by Gasteiger charge is 2.13. The number of halogens is 4. The number of anilines is 1. The largest absolute Gasteiger partial charge is 0.492 e. The standard InChI is InChI=1S/C18H12Cl2I2N2O2/c1-2-26-17-15(21)4-10(5-16(17)22)3-11(9-23)18(25)24-14-7-12(19)6-13(20)8-14/h3-8H,2H2,1H3,(H,24,25)/b11-3-. The SMILES string of the molecule is CCOc1c(I)cc(/C=C(/C#N)C(=O)Nc2cc(Cl)cc(Cl)c2)cc1I. The van der Waals surface area contributed by atoms with E-state index in [-0.39, 0.29) is 5.57 Å². The van der Waals surface area contributed by atoms with Crippen molar-refractivity contribution in [2.24, 2.45) is 0 Å². The van der Waals surface area contributed by atoms with Crippen LogP contribution in [0.3, 0.4) is 0 Å². The molecule has 0 saturated carbocycles. The lowest BCUT2D eigenvalue weighted by Gasteiger charge is -2.10. The predicted molar refractivity (Wildman–Crippen MR) is 122 cm³/mol. The lowest BCUT2D eigenvalue weighted by Crippen LogP contribution is -2.13. The Balaban J connectivity index is 2.29. The molecule has 2 aromatic carbocycles. The van der Waals surface area contributed by atoms with Gasteiger partial charge >= 0.3 is 0 Å². The molecule has 4 nitrogen and oxygen atoms in total. The van der Waals surface area contributed by atoms with Gasteiger partial charge in [0.2, 0.25) is 0 Å². The Bertz CT molecular complexity index is 881. The molecule has 8 heteroatoms. The molecule has 2 rings (SSSR count). The van der Waals surface area contributed by atoms with Crippen LogP contribution in [-0.2, 0) is 4.79 Å². The maximum atomic E-state index is 12.4. The number of rotatable bonds is 5. The molecule has 1 amide bonds. The van der Waals surface area contributed by atoms with E-state index in [0.29, 0.717) is 22.3 Å². The Morgan fingerprint density at radius 2 is 1.77 bits per heavy atom. The van der Waals surface area contributed by atoms with Crippen molar-refractivity contribution in [3.05, 3.63) is 58.7 Å². The molecule has 0 unspecified atom stereocenters. The highest BCUT2D eigenvalue weighted by atomic mass is 127. The van der Waals surface area contributed by atoms with Gasteiger partial charge in [0.15, 0.2) is 0 Å². The summed E-state index contributed by atoms with van der Waals surface area (Å²) in [5.41, 5.74) is 1.12. The number of nitriles is 1. The number of ether oxygens (including phenoxy) is 1. The highest BCUT2D eigenvalue weighted by Crippen LogP contribution is 2.30. The van der Waals surface area contributed by atoms with Crippen LogP contribution in [0.1, 0.15) is 12.5 Å². The van der Waals surface area contributed by atoms with Crippen molar-refractivity contribution in [3.8, 4) is 11.8 Å². The van der Waals surface area contributed by atoms with Gasteiger partial charge < -0.3 is 10.1 Å². The van der Waals surface area contributed by atoms with Gasteiger partial charge in [-0.2, -0.15) is 5.26 Å². The molecule has 0 aromatic heterocycles. The van der Waals surface area contributed by atoms with Crippen LogP contribution >= 0.6 is 68.4 Å². The maximum Gasteiger partial charge on any atom is 0.266 e. The molecule has 0 aliphatic heterocycles. The average Bonchev–Trinajstić information content (AvgIpc) is 2.55. The molecule has 0 saturated heterocycles. The second-order valence-electron chi connectivity index (χ2n) is 5.03. The summed E-state index contributed by atoms with van der Waals surface area (Å²) in [7, 11) is 0. The topological polar surface area (TPSA) is 62.1 Å². The number of hydrogen-bond donors (Lipinski definition) is 1. The van der Waals surface area contributed by atoms with E-state index in [1.165, 1.54) is 6.08 Å². The van der Waals surface area contributed by atoms with E-state index in [9.17, 15) is 10.1 Å². The van der Waals surface area contributed by atoms with Crippen LogP contribution in [0.5, 0.6) is 5.75 Å². The molecule has 1 N–H and O–H groups in total. The number of carbonyl (C=O) groups excluding carboxylic acids is 1. The van der Waals surface area contributed by atoms with Crippen molar-refractivity contribution < 1.29 is 9.53 Å². The first-order chi connectivity index (χ1) is 12.3. The Morgan fingerprint density at radius 1 is 1.19 bits per heavy atom. The zero-order valence-corrected chi connectivity index (χ0v) is 19.3. The van der Waals surface area contributed by atoms with Gasteiger partial charge in [-0.05, 0) is 94.1 Å². The summed E-state index contributed by atoms with van der Waals surface area (Å²) in [6.07, 6.45) is 1.53. The van der Waals surface area contributed by atoms with Crippen molar-refractivity contribution in [3.63, 3.8) is 0 Å². The van der Waals surface area contributed by atoms with Crippen molar-refractivity contribution in [1.82, 2.24) is 0 Å². The minimum absolute atomic E-state index is 0.0307. The summed E-state index contributed by atoms with van der Waals surface area (Å²) in [6.45, 7) is 2.48. The fourth-order valence-electron chi connectivity index (χ4n) is 2.08. The Labute approximate surface area is 188 Å². The van der Waals surface area contributed by atoms with E-state index in [1.807, 2.05) is 25.1 Å². The normalized spacial score (nSPS) is 11.0. The second-order valence-corrected chi connectivity index (χ2v) is 8.23. The number of nitrogens with one attached hydrogen (secondary N) is 1. The smallest absolute Gasteiger partial charge is 0.266 e. The summed E-state index contributed by atoms with van der Waals surface area (Å²) in [6, 6.07) is 10.3. The fraction of sp³-hybridized carbons (Fsp3) is 0.111. The Hall–Kier alpha value is -1.02. The van der Waals surface area contributed by atoms with Gasteiger partial charge in [-0.1, -0.05) is 23.2 Å². The molecular formula is C18H12Cl2I2N2O2. The highest BCUT2D eigenvalue weighted by molar-refractivity contribution is 14.1. The van der Waals surface area contributed by atoms with Crippen LogP contribution in [0.2, 0.25) is 10.0 Å². The number of nitrogens with zero attached hydrogens (tertiary/aromatic N) is 1. The van der Waals surface area contributed by atoms with Gasteiger partial charge in [-0.15, -0.1) is 0 Å². The van der Waals surface area contributed by atoms with Gasteiger partial charge in [0, 0.05) is 15.7 Å². The van der Waals surface area contributed by atoms with Crippen molar-refractivity contribution in [1.29, 1.82) is 5.26 Å². The molecule has 0 bridgehead atoms. The van der Waals surface area contributed by atoms with E-state index >= 15 is 0 Å². The first kappa shape index (κ1) is 21.3. The zero-order valence-electron chi connectivity index (χ0n) is 13.4. The van der Waals surface area contributed by atoms with E-state index in [2.05, 4.69) is 50.5 Å². The summed E-state index contributed by atoms with van der Waals surface area (Å²) < 4.78 is 7.41.